The van der Waals surface area contributed by atoms with Crippen molar-refractivity contribution in [3.05, 3.63) is 23.8 Å². The van der Waals surface area contributed by atoms with Gasteiger partial charge in [0.05, 0.1) is 34.0 Å². The number of carbonyl (C=O) groups is 1. The average molecular weight is 312 g/mol. The van der Waals surface area contributed by atoms with Crippen molar-refractivity contribution in [2.24, 2.45) is 0 Å². The Morgan fingerprint density at radius 3 is 2.27 bits per heavy atom. The molecule has 7 heteroatoms. The Labute approximate surface area is 128 Å². The van der Waals surface area contributed by atoms with E-state index in [2.05, 4.69) is 0 Å². The fourth-order valence-electron chi connectivity index (χ4n) is 1.68. The number of carboxylic acids is 1. The molecule has 0 radical (unpaired) electrons. The molecule has 0 unspecified atom stereocenters. The van der Waals surface area contributed by atoms with Gasteiger partial charge in [-0.1, -0.05) is 0 Å². The topological polar surface area (TPSA) is 94.5 Å². The van der Waals surface area contributed by atoms with Crippen LogP contribution in [0.25, 0.3) is 6.08 Å². The maximum absolute atomic E-state index is 10.6. The summed E-state index contributed by atoms with van der Waals surface area (Å²) in [5.41, 5.74) is 0.611. The summed E-state index contributed by atoms with van der Waals surface area (Å²) in [6.45, 7) is 0.776. The van der Waals surface area contributed by atoms with Crippen molar-refractivity contribution < 1.29 is 34.0 Å². The number of aliphatic hydroxyl groups is 1. The van der Waals surface area contributed by atoms with E-state index in [4.69, 9.17) is 29.2 Å². The van der Waals surface area contributed by atoms with Crippen LogP contribution in [-0.2, 0) is 9.53 Å². The molecule has 0 amide bonds. The number of methoxy groups -OCH3 is 2. The quantitative estimate of drug-likeness (QED) is 0.495. The van der Waals surface area contributed by atoms with E-state index in [1.165, 1.54) is 20.3 Å². The third-order valence-electron chi connectivity index (χ3n) is 2.61. The van der Waals surface area contributed by atoms with E-state index in [0.29, 0.717) is 29.4 Å². The summed E-state index contributed by atoms with van der Waals surface area (Å²) in [6, 6.07) is 3.29. The third-order valence-corrected chi connectivity index (χ3v) is 2.61. The Morgan fingerprint density at radius 1 is 1.14 bits per heavy atom. The molecule has 0 atom stereocenters. The minimum Gasteiger partial charge on any atom is -0.493 e. The van der Waals surface area contributed by atoms with Gasteiger partial charge in [0.25, 0.3) is 0 Å². The highest BCUT2D eigenvalue weighted by molar-refractivity contribution is 5.85. The molecule has 0 aromatic heterocycles. The smallest absolute Gasteiger partial charge is 0.328 e. The predicted molar refractivity (Wildman–Crippen MR) is 79.6 cm³/mol. The van der Waals surface area contributed by atoms with E-state index < -0.39 is 5.97 Å². The molecule has 0 aliphatic rings. The lowest BCUT2D eigenvalue weighted by atomic mass is 10.1. The fraction of sp³-hybridized carbons (Fsp3) is 0.400. The van der Waals surface area contributed by atoms with Crippen molar-refractivity contribution in [3.8, 4) is 17.2 Å². The molecule has 0 saturated carbocycles. The molecule has 122 valence electrons. The second-order valence-electron chi connectivity index (χ2n) is 4.11. The minimum absolute atomic E-state index is 0.0444. The standard InChI is InChI=1S/C15H20O7/c1-19-12-9-11(3-4-14(17)18)10-13(20-2)15(12)22-8-7-21-6-5-16/h3-4,9-10,16H,5-8H2,1-2H3,(H,17,18)/b4-3+. The molecule has 0 aliphatic carbocycles. The molecule has 1 aromatic carbocycles. The second-order valence-corrected chi connectivity index (χ2v) is 4.11. The van der Waals surface area contributed by atoms with Crippen LogP contribution in [0.15, 0.2) is 18.2 Å². The number of rotatable bonds is 10. The molecular formula is C15H20O7. The molecule has 0 heterocycles. The first kappa shape index (κ1) is 17.8. The molecule has 0 spiro atoms. The SMILES string of the molecule is COc1cc(/C=C/C(=O)O)cc(OC)c1OCCOCCO. The van der Waals surface area contributed by atoms with Gasteiger partial charge in [-0.25, -0.2) is 4.79 Å². The Hall–Kier alpha value is -2.25. The lowest BCUT2D eigenvalue weighted by Gasteiger charge is -2.15. The summed E-state index contributed by atoms with van der Waals surface area (Å²) in [6.07, 6.45) is 2.46. The van der Waals surface area contributed by atoms with Gasteiger partial charge in [-0.2, -0.15) is 0 Å². The zero-order valence-electron chi connectivity index (χ0n) is 12.6. The number of hydrogen-bond acceptors (Lipinski definition) is 6. The second kappa shape index (κ2) is 9.64. The van der Waals surface area contributed by atoms with Gasteiger partial charge in [-0.3, -0.25) is 0 Å². The van der Waals surface area contributed by atoms with Gasteiger partial charge in [-0.05, 0) is 23.8 Å². The predicted octanol–water partition coefficient (Wildman–Crippen LogP) is 1.19. The highest BCUT2D eigenvalue weighted by Crippen LogP contribution is 2.38. The van der Waals surface area contributed by atoms with Crippen LogP contribution in [0.5, 0.6) is 17.2 Å². The van der Waals surface area contributed by atoms with E-state index in [9.17, 15) is 4.79 Å². The molecule has 0 fully saturated rings. The van der Waals surface area contributed by atoms with E-state index in [1.54, 1.807) is 12.1 Å². The zero-order chi connectivity index (χ0) is 16.4. The highest BCUT2D eigenvalue weighted by Gasteiger charge is 2.13. The monoisotopic (exact) mass is 312 g/mol. The van der Waals surface area contributed by atoms with Crippen molar-refractivity contribution in [2.75, 3.05) is 40.6 Å². The Balaban J connectivity index is 2.88. The van der Waals surface area contributed by atoms with E-state index >= 15 is 0 Å². The number of hydrogen-bond donors (Lipinski definition) is 2. The van der Waals surface area contributed by atoms with Crippen molar-refractivity contribution in [1.82, 2.24) is 0 Å². The number of aliphatic carboxylic acids is 1. The van der Waals surface area contributed by atoms with Gasteiger partial charge in [0.2, 0.25) is 5.75 Å². The first-order chi connectivity index (χ1) is 10.6. The molecule has 7 nitrogen and oxygen atoms in total. The maximum atomic E-state index is 10.6. The molecule has 0 aliphatic heterocycles. The summed E-state index contributed by atoms with van der Waals surface area (Å²) in [7, 11) is 2.96. The van der Waals surface area contributed by atoms with Crippen LogP contribution in [-0.4, -0.2) is 56.8 Å². The Kier molecular flexibility index (Phi) is 7.80. The van der Waals surface area contributed by atoms with Crippen LogP contribution in [0.2, 0.25) is 0 Å². The molecular weight excluding hydrogens is 292 g/mol. The first-order valence-electron chi connectivity index (χ1n) is 6.60. The summed E-state index contributed by atoms with van der Waals surface area (Å²) >= 11 is 0. The molecule has 0 saturated heterocycles. The van der Waals surface area contributed by atoms with Crippen LogP contribution in [0, 0.1) is 0 Å². The first-order valence-corrected chi connectivity index (χ1v) is 6.60. The molecule has 0 bridgehead atoms. The number of carboxylic acid groups (broad SMARTS) is 1. The van der Waals surface area contributed by atoms with Gasteiger partial charge in [0, 0.05) is 6.08 Å². The van der Waals surface area contributed by atoms with Gasteiger partial charge in [-0.15, -0.1) is 0 Å². The van der Waals surface area contributed by atoms with Gasteiger partial charge in [0.15, 0.2) is 11.5 Å². The van der Waals surface area contributed by atoms with E-state index in [0.717, 1.165) is 6.08 Å². The van der Waals surface area contributed by atoms with Crippen molar-refractivity contribution in [2.45, 2.75) is 0 Å². The average Bonchev–Trinajstić information content (AvgIpc) is 2.52. The summed E-state index contributed by atoms with van der Waals surface area (Å²) in [5.74, 6) is 0.211. The van der Waals surface area contributed by atoms with Gasteiger partial charge >= 0.3 is 5.97 Å². The van der Waals surface area contributed by atoms with Crippen LogP contribution in [0.4, 0.5) is 0 Å². The van der Waals surface area contributed by atoms with E-state index in [1.807, 2.05) is 0 Å². The number of ether oxygens (including phenoxy) is 4. The lowest BCUT2D eigenvalue weighted by molar-refractivity contribution is -0.131. The normalized spacial score (nSPS) is 10.7. The molecule has 1 rings (SSSR count). The maximum Gasteiger partial charge on any atom is 0.328 e. The van der Waals surface area contributed by atoms with Crippen molar-refractivity contribution >= 4 is 12.0 Å². The Bertz CT molecular complexity index is 486. The number of aliphatic hydroxyl groups excluding tert-OH is 1. The number of benzene rings is 1. The van der Waals surface area contributed by atoms with Crippen LogP contribution >= 0.6 is 0 Å². The van der Waals surface area contributed by atoms with E-state index in [-0.39, 0.29) is 19.8 Å². The molecule has 2 N–H and O–H groups in total. The summed E-state index contributed by atoms with van der Waals surface area (Å²) < 4.78 is 21.2. The van der Waals surface area contributed by atoms with Crippen LogP contribution in [0.1, 0.15) is 5.56 Å². The zero-order valence-corrected chi connectivity index (χ0v) is 12.6. The van der Waals surface area contributed by atoms with Gasteiger partial charge in [0.1, 0.15) is 6.61 Å². The van der Waals surface area contributed by atoms with Crippen LogP contribution < -0.4 is 14.2 Å². The Morgan fingerprint density at radius 2 is 1.77 bits per heavy atom. The van der Waals surface area contributed by atoms with Crippen molar-refractivity contribution in [3.63, 3.8) is 0 Å². The molecule has 22 heavy (non-hydrogen) atoms. The highest BCUT2D eigenvalue weighted by atomic mass is 16.6. The third kappa shape index (κ3) is 5.63. The van der Waals surface area contributed by atoms with Crippen LogP contribution in [0.3, 0.4) is 0 Å². The summed E-state index contributed by atoms with van der Waals surface area (Å²) in [5, 5.41) is 17.3. The largest absolute Gasteiger partial charge is 0.493 e. The molecule has 1 aromatic rings. The van der Waals surface area contributed by atoms with Crippen molar-refractivity contribution in [1.29, 1.82) is 0 Å². The lowest BCUT2D eigenvalue weighted by Crippen LogP contribution is -2.10. The minimum atomic E-state index is -1.04. The van der Waals surface area contributed by atoms with Gasteiger partial charge < -0.3 is 29.2 Å². The summed E-state index contributed by atoms with van der Waals surface area (Å²) in [4.78, 5) is 10.6. The fourth-order valence-corrected chi connectivity index (χ4v) is 1.68.